The summed E-state index contributed by atoms with van der Waals surface area (Å²) in [6.07, 6.45) is 48.0. The Kier molecular flexibility index (Phi) is 25.6. The SMILES string of the molecule is C1CCCCCCC1.C1CCCCCCC1.C1CCCCCCC1.C1CCCCCCC1. The first-order valence-corrected chi connectivity index (χ1v) is 16.0. The largest absolute Gasteiger partial charge is 0.0533 e. The molecule has 0 aromatic rings. The van der Waals surface area contributed by atoms with Crippen molar-refractivity contribution in [1.29, 1.82) is 0 Å². The van der Waals surface area contributed by atoms with E-state index >= 15 is 0 Å². The van der Waals surface area contributed by atoms with E-state index in [-0.39, 0.29) is 0 Å². The molecule has 0 bridgehead atoms. The molecule has 0 aliphatic heterocycles. The zero-order valence-corrected chi connectivity index (χ0v) is 22.6. The zero-order chi connectivity index (χ0) is 22.6. The lowest BCUT2D eigenvalue weighted by atomic mass is 10.0. The van der Waals surface area contributed by atoms with Gasteiger partial charge in [0.2, 0.25) is 0 Å². The summed E-state index contributed by atoms with van der Waals surface area (Å²) in [4.78, 5) is 0. The molecule has 0 nitrogen and oxygen atoms in total. The summed E-state index contributed by atoms with van der Waals surface area (Å²) in [6.45, 7) is 0. The predicted molar refractivity (Wildman–Crippen MR) is 148 cm³/mol. The fraction of sp³-hybridized carbons (Fsp3) is 1.00. The fourth-order valence-corrected chi connectivity index (χ4v) is 5.66. The van der Waals surface area contributed by atoms with Crippen LogP contribution in [0.4, 0.5) is 0 Å². The Hall–Kier alpha value is 0. The van der Waals surface area contributed by atoms with Crippen LogP contribution in [0.2, 0.25) is 0 Å². The van der Waals surface area contributed by atoms with Crippen LogP contribution in [-0.4, -0.2) is 0 Å². The Labute approximate surface area is 205 Å². The zero-order valence-electron chi connectivity index (χ0n) is 22.6. The maximum Gasteiger partial charge on any atom is -0.0533 e. The van der Waals surface area contributed by atoms with E-state index < -0.39 is 0 Å². The molecule has 4 rings (SSSR count). The summed E-state index contributed by atoms with van der Waals surface area (Å²) >= 11 is 0. The van der Waals surface area contributed by atoms with Crippen LogP contribution in [0.25, 0.3) is 0 Å². The minimum atomic E-state index is 1.50. The first-order valence-electron chi connectivity index (χ1n) is 16.0. The van der Waals surface area contributed by atoms with Gasteiger partial charge in [-0.15, -0.1) is 0 Å². The van der Waals surface area contributed by atoms with E-state index in [2.05, 4.69) is 0 Å². The van der Waals surface area contributed by atoms with Gasteiger partial charge < -0.3 is 0 Å². The fourth-order valence-electron chi connectivity index (χ4n) is 5.66. The van der Waals surface area contributed by atoms with Crippen LogP contribution >= 0.6 is 0 Å². The van der Waals surface area contributed by atoms with E-state index in [1.165, 1.54) is 205 Å². The van der Waals surface area contributed by atoms with Crippen LogP contribution in [0.1, 0.15) is 205 Å². The summed E-state index contributed by atoms with van der Waals surface area (Å²) in [5.41, 5.74) is 0. The molecule has 4 saturated carbocycles. The molecular weight excluding hydrogens is 384 g/mol. The highest BCUT2D eigenvalue weighted by Crippen LogP contribution is 2.17. The minimum Gasteiger partial charge on any atom is -0.0533 e. The Morgan fingerprint density at radius 1 is 0.0625 bits per heavy atom. The van der Waals surface area contributed by atoms with Gasteiger partial charge in [0, 0.05) is 0 Å². The summed E-state index contributed by atoms with van der Waals surface area (Å²) in [5, 5.41) is 0. The van der Waals surface area contributed by atoms with Crippen molar-refractivity contribution >= 4 is 0 Å². The minimum absolute atomic E-state index is 1.50. The third-order valence-corrected chi connectivity index (χ3v) is 8.00. The first-order chi connectivity index (χ1) is 16.0. The molecule has 0 aromatic heterocycles. The third-order valence-electron chi connectivity index (χ3n) is 8.00. The van der Waals surface area contributed by atoms with Crippen molar-refractivity contribution in [3.63, 3.8) is 0 Å². The van der Waals surface area contributed by atoms with Gasteiger partial charge >= 0.3 is 0 Å². The molecule has 0 aromatic carbocycles. The maximum absolute atomic E-state index is 1.50. The van der Waals surface area contributed by atoms with Crippen LogP contribution in [0.5, 0.6) is 0 Å². The lowest BCUT2D eigenvalue weighted by Gasteiger charge is -2.05. The molecule has 0 radical (unpaired) electrons. The molecule has 4 aliphatic rings. The highest BCUT2D eigenvalue weighted by Gasteiger charge is 1.98. The Morgan fingerprint density at radius 3 is 0.125 bits per heavy atom. The highest BCUT2D eigenvalue weighted by molar-refractivity contribution is 4.53. The Morgan fingerprint density at radius 2 is 0.0938 bits per heavy atom. The van der Waals surface area contributed by atoms with Crippen molar-refractivity contribution in [1.82, 2.24) is 0 Å². The van der Waals surface area contributed by atoms with Crippen LogP contribution in [0.3, 0.4) is 0 Å². The van der Waals surface area contributed by atoms with Crippen LogP contribution < -0.4 is 0 Å². The van der Waals surface area contributed by atoms with Crippen molar-refractivity contribution < 1.29 is 0 Å². The average molecular weight is 449 g/mol. The van der Waals surface area contributed by atoms with Crippen molar-refractivity contribution in [3.05, 3.63) is 0 Å². The Bertz CT molecular complexity index is 160. The topological polar surface area (TPSA) is 0 Å². The molecule has 0 saturated heterocycles. The molecule has 32 heavy (non-hydrogen) atoms. The van der Waals surface area contributed by atoms with E-state index in [1.54, 1.807) is 0 Å². The molecule has 0 N–H and O–H groups in total. The quantitative estimate of drug-likeness (QED) is 0.345. The highest BCUT2D eigenvalue weighted by atomic mass is 14.0. The van der Waals surface area contributed by atoms with Gasteiger partial charge in [-0.3, -0.25) is 0 Å². The van der Waals surface area contributed by atoms with E-state index in [0.29, 0.717) is 0 Å². The monoisotopic (exact) mass is 449 g/mol. The van der Waals surface area contributed by atoms with Gasteiger partial charge in [-0.2, -0.15) is 0 Å². The van der Waals surface area contributed by atoms with Gasteiger partial charge in [-0.25, -0.2) is 0 Å². The summed E-state index contributed by atoms with van der Waals surface area (Å²) < 4.78 is 0. The second-order valence-electron chi connectivity index (χ2n) is 11.3. The number of hydrogen-bond acceptors (Lipinski definition) is 0. The number of rotatable bonds is 0. The third kappa shape index (κ3) is 24.6. The molecule has 0 spiro atoms. The molecule has 4 aliphatic carbocycles. The molecule has 0 heteroatoms. The maximum atomic E-state index is 1.50. The summed E-state index contributed by atoms with van der Waals surface area (Å²) in [5.74, 6) is 0. The average Bonchev–Trinajstić information content (AvgIpc) is 2.67. The Balaban J connectivity index is 0.000000213. The van der Waals surface area contributed by atoms with E-state index in [0.717, 1.165) is 0 Å². The molecule has 0 atom stereocenters. The van der Waals surface area contributed by atoms with Crippen LogP contribution in [0.15, 0.2) is 0 Å². The van der Waals surface area contributed by atoms with E-state index in [1.807, 2.05) is 0 Å². The molecule has 0 heterocycles. The molecule has 192 valence electrons. The molecular formula is C32H64. The van der Waals surface area contributed by atoms with Crippen molar-refractivity contribution in [2.75, 3.05) is 0 Å². The van der Waals surface area contributed by atoms with Crippen LogP contribution in [0, 0.1) is 0 Å². The van der Waals surface area contributed by atoms with Gasteiger partial charge in [0.25, 0.3) is 0 Å². The lowest BCUT2D eigenvalue weighted by molar-refractivity contribution is 0.504. The standard InChI is InChI=1S/4C8H16/c4*1-2-4-6-8-7-5-3-1/h4*1-8H2. The first kappa shape index (κ1) is 30.0. The second-order valence-corrected chi connectivity index (χ2v) is 11.3. The molecule has 0 amide bonds. The van der Waals surface area contributed by atoms with E-state index in [9.17, 15) is 0 Å². The van der Waals surface area contributed by atoms with Gasteiger partial charge in [0.05, 0.1) is 0 Å². The molecule has 0 unspecified atom stereocenters. The van der Waals surface area contributed by atoms with Crippen molar-refractivity contribution in [2.24, 2.45) is 0 Å². The van der Waals surface area contributed by atoms with Gasteiger partial charge in [0.15, 0.2) is 0 Å². The van der Waals surface area contributed by atoms with Crippen LogP contribution in [-0.2, 0) is 0 Å². The molecule has 4 fully saturated rings. The van der Waals surface area contributed by atoms with Gasteiger partial charge in [-0.05, 0) is 0 Å². The smallest absolute Gasteiger partial charge is 0.0533 e. The summed E-state index contributed by atoms with van der Waals surface area (Å²) in [7, 11) is 0. The van der Waals surface area contributed by atoms with Crippen molar-refractivity contribution in [3.8, 4) is 0 Å². The van der Waals surface area contributed by atoms with Gasteiger partial charge in [0.1, 0.15) is 0 Å². The summed E-state index contributed by atoms with van der Waals surface area (Å²) in [6, 6.07) is 0. The second kappa shape index (κ2) is 27.2. The van der Waals surface area contributed by atoms with Gasteiger partial charge in [-0.1, -0.05) is 205 Å². The normalized spacial score (nSPS) is 24.0. The number of hydrogen-bond donors (Lipinski definition) is 0. The van der Waals surface area contributed by atoms with Crippen molar-refractivity contribution in [2.45, 2.75) is 205 Å². The van der Waals surface area contributed by atoms with E-state index in [4.69, 9.17) is 0 Å². The lowest BCUT2D eigenvalue weighted by Crippen LogP contribution is -1.85. The predicted octanol–water partition coefficient (Wildman–Crippen LogP) is 12.5.